The van der Waals surface area contributed by atoms with Gasteiger partial charge in [0.15, 0.2) is 0 Å². The van der Waals surface area contributed by atoms with Crippen LogP contribution in [0, 0.1) is 0 Å². The molecule has 0 unspecified atom stereocenters. The molecule has 3 rings (SSSR count). The molecule has 0 aliphatic heterocycles. The topological polar surface area (TPSA) is 87.7 Å². The molecule has 0 aliphatic rings. The number of nitrogens with zero attached hydrogens (tertiary/aromatic N) is 1. The van der Waals surface area contributed by atoms with Crippen LogP contribution in [0.25, 0.3) is 0 Å². The van der Waals surface area contributed by atoms with Gasteiger partial charge in [-0.05, 0) is 60.7 Å². The lowest BCUT2D eigenvalue weighted by Gasteiger charge is -2.19. The average Bonchev–Trinajstić information content (AvgIpc) is 2.79. The molecule has 3 aromatic carbocycles. The van der Waals surface area contributed by atoms with Gasteiger partial charge in [0.2, 0.25) is 0 Å². The van der Waals surface area contributed by atoms with Crippen LogP contribution in [0.5, 0.6) is 5.75 Å². The summed E-state index contributed by atoms with van der Waals surface area (Å²) < 4.78 is 32.6. The summed E-state index contributed by atoms with van der Waals surface area (Å²) in [6.45, 7) is 1.14. The van der Waals surface area contributed by atoms with Gasteiger partial charge < -0.3 is 15.0 Å². The predicted molar refractivity (Wildman–Crippen MR) is 122 cm³/mol. The van der Waals surface area contributed by atoms with Crippen LogP contribution in [0.2, 0.25) is 0 Å². The molecule has 7 nitrogen and oxygen atoms in total. The van der Waals surface area contributed by atoms with Crippen molar-refractivity contribution in [2.24, 2.45) is 0 Å². The Balaban J connectivity index is 1.54. The number of para-hydroxylation sites is 1. The molecule has 0 radical (unpaired) electrons. The summed E-state index contributed by atoms with van der Waals surface area (Å²) in [5.41, 5.74) is 1.90. The van der Waals surface area contributed by atoms with Gasteiger partial charge in [-0.2, -0.15) is 0 Å². The number of ether oxygens (including phenoxy) is 1. The second-order valence-electron chi connectivity index (χ2n) is 6.87. The quantitative estimate of drug-likeness (QED) is 0.534. The fourth-order valence-corrected chi connectivity index (χ4v) is 3.97. The van der Waals surface area contributed by atoms with E-state index in [1.54, 1.807) is 36.4 Å². The van der Waals surface area contributed by atoms with Crippen molar-refractivity contribution in [2.75, 3.05) is 36.9 Å². The number of methoxy groups -OCH3 is 1. The van der Waals surface area contributed by atoms with Gasteiger partial charge in [-0.1, -0.05) is 18.2 Å². The first-order chi connectivity index (χ1) is 14.9. The van der Waals surface area contributed by atoms with Crippen molar-refractivity contribution in [2.45, 2.75) is 4.90 Å². The van der Waals surface area contributed by atoms with Gasteiger partial charge in [-0.3, -0.25) is 9.52 Å². The van der Waals surface area contributed by atoms with E-state index in [4.69, 9.17) is 4.74 Å². The number of hydrogen-bond acceptors (Lipinski definition) is 5. The molecule has 0 aromatic heterocycles. The highest BCUT2D eigenvalue weighted by molar-refractivity contribution is 7.92. The Kier molecular flexibility index (Phi) is 7.15. The summed E-state index contributed by atoms with van der Waals surface area (Å²) in [5.74, 6) is 0.357. The SMILES string of the molecule is COc1ccc(S(=O)(=O)Nc2ccc(C(=O)NCCN(C)c3ccccc3)cc2)cc1. The molecule has 0 saturated heterocycles. The van der Waals surface area contributed by atoms with Crippen molar-refractivity contribution in [3.8, 4) is 5.75 Å². The summed E-state index contributed by atoms with van der Waals surface area (Å²) >= 11 is 0. The summed E-state index contributed by atoms with van der Waals surface area (Å²) in [4.78, 5) is 14.5. The second kappa shape index (κ2) is 9.99. The molecule has 0 saturated carbocycles. The van der Waals surface area contributed by atoms with Crippen molar-refractivity contribution >= 4 is 27.3 Å². The zero-order valence-electron chi connectivity index (χ0n) is 17.4. The third-order valence-electron chi connectivity index (χ3n) is 4.70. The standard InChI is InChI=1S/C23H25N3O4S/c1-26(20-6-4-3-5-7-20)17-16-24-23(27)18-8-10-19(11-9-18)25-31(28,29)22-14-12-21(30-2)13-15-22/h3-15,25H,16-17H2,1-2H3,(H,24,27). The first-order valence-corrected chi connectivity index (χ1v) is 11.2. The first kappa shape index (κ1) is 22.2. The Labute approximate surface area is 182 Å². The minimum Gasteiger partial charge on any atom is -0.497 e. The number of rotatable bonds is 9. The summed E-state index contributed by atoms with van der Waals surface area (Å²) in [6.07, 6.45) is 0. The molecule has 0 spiro atoms. The fraction of sp³-hybridized carbons (Fsp3) is 0.174. The molecule has 162 valence electrons. The van der Waals surface area contributed by atoms with Crippen LogP contribution in [-0.4, -0.2) is 41.6 Å². The van der Waals surface area contributed by atoms with Crippen molar-refractivity contribution in [1.29, 1.82) is 0 Å². The van der Waals surface area contributed by atoms with Crippen LogP contribution in [0.15, 0.2) is 83.8 Å². The fourth-order valence-electron chi connectivity index (χ4n) is 2.91. The molecule has 2 N–H and O–H groups in total. The van der Waals surface area contributed by atoms with Gasteiger partial charge in [-0.25, -0.2) is 8.42 Å². The Morgan fingerprint density at radius 1 is 0.935 bits per heavy atom. The van der Waals surface area contributed by atoms with E-state index in [2.05, 4.69) is 14.9 Å². The predicted octanol–water partition coefficient (Wildman–Crippen LogP) is 3.36. The maximum absolute atomic E-state index is 12.5. The van der Waals surface area contributed by atoms with E-state index < -0.39 is 10.0 Å². The molecule has 0 fully saturated rings. The Morgan fingerprint density at radius 3 is 2.19 bits per heavy atom. The van der Waals surface area contributed by atoms with Crippen molar-refractivity contribution in [3.05, 3.63) is 84.4 Å². The van der Waals surface area contributed by atoms with Crippen LogP contribution in [0.1, 0.15) is 10.4 Å². The third-order valence-corrected chi connectivity index (χ3v) is 6.10. The minimum absolute atomic E-state index is 0.123. The van der Waals surface area contributed by atoms with Crippen LogP contribution in [-0.2, 0) is 10.0 Å². The van der Waals surface area contributed by atoms with Crippen LogP contribution in [0.4, 0.5) is 11.4 Å². The highest BCUT2D eigenvalue weighted by Gasteiger charge is 2.14. The summed E-state index contributed by atoms with van der Waals surface area (Å²) in [6, 6.07) is 22.3. The first-order valence-electron chi connectivity index (χ1n) is 9.70. The molecular weight excluding hydrogens is 414 g/mol. The lowest BCUT2D eigenvalue weighted by Crippen LogP contribution is -2.32. The van der Waals surface area contributed by atoms with E-state index >= 15 is 0 Å². The maximum Gasteiger partial charge on any atom is 0.261 e. The molecule has 0 atom stereocenters. The van der Waals surface area contributed by atoms with Gasteiger partial charge in [0.25, 0.3) is 15.9 Å². The monoisotopic (exact) mass is 439 g/mol. The highest BCUT2D eigenvalue weighted by Crippen LogP contribution is 2.19. The molecule has 0 bridgehead atoms. The number of nitrogens with one attached hydrogen (secondary N) is 2. The van der Waals surface area contributed by atoms with Gasteiger partial charge >= 0.3 is 0 Å². The summed E-state index contributed by atoms with van der Waals surface area (Å²) in [7, 11) is -0.255. The molecular formula is C23H25N3O4S. The van der Waals surface area contributed by atoms with E-state index in [9.17, 15) is 13.2 Å². The number of carbonyl (C=O) groups excluding carboxylic acids is 1. The lowest BCUT2D eigenvalue weighted by atomic mass is 10.2. The molecule has 31 heavy (non-hydrogen) atoms. The molecule has 8 heteroatoms. The van der Waals surface area contributed by atoms with Crippen molar-refractivity contribution < 1.29 is 17.9 Å². The molecule has 3 aromatic rings. The van der Waals surface area contributed by atoms with E-state index in [1.165, 1.54) is 19.2 Å². The molecule has 0 heterocycles. The number of carbonyl (C=O) groups is 1. The normalized spacial score (nSPS) is 10.9. The zero-order valence-corrected chi connectivity index (χ0v) is 18.2. The Bertz CT molecular complexity index is 1100. The van der Waals surface area contributed by atoms with E-state index in [-0.39, 0.29) is 10.8 Å². The number of hydrogen-bond donors (Lipinski definition) is 2. The number of likely N-dealkylation sites (N-methyl/N-ethyl adjacent to an activating group) is 1. The Hall–Kier alpha value is -3.52. The zero-order chi connectivity index (χ0) is 22.3. The van der Waals surface area contributed by atoms with Gasteiger partial charge in [0.1, 0.15) is 5.75 Å². The Morgan fingerprint density at radius 2 is 1.58 bits per heavy atom. The number of benzene rings is 3. The summed E-state index contributed by atoms with van der Waals surface area (Å²) in [5, 5.41) is 2.87. The largest absolute Gasteiger partial charge is 0.497 e. The van der Waals surface area contributed by atoms with Gasteiger partial charge in [0.05, 0.1) is 12.0 Å². The van der Waals surface area contributed by atoms with Crippen molar-refractivity contribution in [3.63, 3.8) is 0 Å². The maximum atomic E-state index is 12.5. The van der Waals surface area contributed by atoms with Crippen LogP contribution in [0.3, 0.4) is 0 Å². The molecule has 0 aliphatic carbocycles. The molecule has 1 amide bonds. The average molecular weight is 440 g/mol. The van der Waals surface area contributed by atoms with Crippen LogP contribution < -0.4 is 19.7 Å². The minimum atomic E-state index is -3.73. The van der Waals surface area contributed by atoms with Crippen molar-refractivity contribution in [1.82, 2.24) is 5.32 Å². The smallest absolute Gasteiger partial charge is 0.261 e. The number of anilines is 2. The van der Waals surface area contributed by atoms with E-state index in [0.29, 0.717) is 30.1 Å². The van der Waals surface area contributed by atoms with E-state index in [1.807, 2.05) is 37.4 Å². The highest BCUT2D eigenvalue weighted by atomic mass is 32.2. The van der Waals surface area contributed by atoms with E-state index in [0.717, 1.165) is 5.69 Å². The third kappa shape index (κ3) is 5.99. The van der Waals surface area contributed by atoms with Gasteiger partial charge in [0, 0.05) is 37.1 Å². The lowest BCUT2D eigenvalue weighted by molar-refractivity contribution is 0.0954. The van der Waals surface area contributed by atoms with Gasteiger partial charge in [-0.15, -0.1) is 0 Å². The van der Waals surface area contributed by atoms with Crippen LogP contribution >= 0.6 is 0 Å². The second-order valence-corrected chi connectivity index (χ2v) is 8.55. The number of sulfonamides is 1. The number of amides is 1.